The third-order valence-electron chi connectivity index (χ3n) is 5.06. The monoisotopic (exact) mass is 390 g/mol. The molecule has 1 atom stereocenters. The van der Waals surface area contributed by atoms with Crippen molar-refractivity contribution in [3.63, 3.8) is 0 Å². The number of benzene rings is 2. The predicted molar refractivity (Wildman–Crippen MR) is 113 cm³/mol. The number of aromatic nitrogens is 2. The van der Waals surface area contributed by atoms with E-state index in [2.05, 4.69) is 27.4 Å². The van der Waals surface area contributed by atoms with Gasteiger partial charge in [-0.15, -0.1) is 0 Å². The van der Waals surface area contributed by atoms with E-state index in [-0.39, 0.29) is 5.91 Å². The first kappa shape index (κ1) is 19.4. The van der Waals surface area contributed by atoms with Gasteiger partial charge in [-0.25, -0.2) is 4.68 Å². The summed E-state index contributed by atoms with van der Waals surface area (Å²) in [6, 6.07) is 20.1. The molecule has 6 nitrogen and oxygen atoms in total. The summed E-state index contributed by atoms with van der Waals surface area (Å²) < 4.78 is 7.62. The summed E-state index contributed by atoms with van der Waals surface area (Å²) in [6.45, 7) is 6.77. The number of anilines is 1. The van der Waals surface area contributed by atoms with E-state index in [0.29, 0.717) is 13.2 Å². The molecule has 0 radical (unpaired) electrons. The average molecular weight is 390 g/mol. The molecule has 1 aromatic heterocycles. The number of ether oxygens (including phenoxy) is 1. The van der Waals surface area contributed by atoms with E-state index in [0.717, 1.165) is 35.9 Å². The molecule has 0 bridgehead atoms. The van der Waals surface area contributed by atoms with Crippen molar-refractivity contribution >= 4 is 11.6 Å². The maximum absolute atomic E-state index is 12.8. The maximum Gasteiger partial charge on any atom is 0.254 e. The van der Waals surface area contributed by atoms with Crippen molar-refractivity contribution < 1.29 is 9.53 Å². The van der Waals surface area contributed by atoms with Crippen molar-refractivity contribution in [2.45, 2.75) is 26.5 Å². The Morgan fingerprint density at radius 3 is 2.72 bits per heavy atom. The predicted octanol–water partition coefficient (Wildman–Crippen LogP) is 3.33. The van der Waals surface area contributed by atoms with Gasteiger partial charge in [-0.05, 0) is 43.7 Å². The molecular formula is C23H26N4O2. The molecule has 6 heteroatoms. The summed E-state index contributed by atoms with van der Waals surface area (Å²) in [6.07, 6.45) is -0.482. The van der Waals surface area contributed by atoms with Crippen LogP contribution < -0.4 is 5.32 Å². The Kier molecular flexibility index (Phi) is 5.74. The fourth-order valence-electron chi connectivity index (χ4n) is 3.67. The summed E-state index contributed by atoms with van der Waals surface area (Å²) in [4.78, 5) is 15.1. The molecule has 2 aromatic carbocycles. The van der Waals surface area contributed by atoms with Gasteiger partial charge in [0.1, 0.15) is 6.10 Å². The first-order valence-corrected chi connectivity index (χ1v) is 9.91. The van der Waals surface area contributed by atoms with E-state index < -0.39 is 6.10 Å². The van der Waals surface area contributed by atoms with Gasteiger partial charge in [0.25, 0.3) is 5.91 Å². The zero-order valence-corrected chi connectivity index (χ0v) is 16.8. The van der Waals surface area contributed by atoms with Crippen LogP contribution in [0.4, 0.5) is 5.69 Å². The lowest BCUT2D eigenvalue weighted by Gasteiger charge is -2.32. The number of carbonyl (C=O) groups excluding carboxylic acids is 1. The number of amides is 1. The Morgan fingerprint density at radius 2 is 1.97 bits per heavy atom. The van der Waals surface area contributed by atoms with Gasteiger partial charge in [0.05, 0.1) is 18.0 Å². The van der Waals surface area contributed by atoms with Crippen molar-refractivity contribution in [2.75, 3.05) is 25.0 Å². The molecule has 1 fully saturated rings. The van der Waals surface area contributed by atoms with Crippen LogP contribution in [0.1, 0.15) is 17.0 Å². The number of hydrogen-bond acceptors (Lipinski definition) is 4. The fourth-order valence-corrected chi connectivity index (χ4v) is 3.67. The molecule has 1 saturated heterocycles. The van der Waals surface area contributed by atoms with E-state index >= 15 is 0 Å². The van der Waals surface area contributed by atoms with Crippen LogP contribution in [0.3, 0.4) is 0 Å². The number of hydrogen-bond donors (Lipinski definition) is 1. The number of morpholine rings is 1. The highest BCUT2D eigenvalue weighted by molar-refractivity contribution is 5.94. The Balaban J connectivity index is 1.41. The molecule has 3 aromatic rings. The molecule has 1 unspecified atom stereocenters. The Hall–Kier alpha value is -2.96. The van der Waals surface area contributed by atoms with Crippen LogP contribution in [-0.4, -0.2) is 46.4 Å². The number of nitrogens with zero attached hydrogens (tertiary/aromatic N) is 3. The lowest BCUT2D eigenvalue weighted by atomic mass is 10.2. The molecule has 1 aliphatic heterocycles. The fraction of sp³-hybridized carbons (Fsp3) is 0.304. The van der Waals surface area contributed by atoms with Crippen LogP contribution in [0.15, 0.2) is 60.7 Å². The van der Waals surface area contributed by atoms with Gasteiger partial charge >= 0.3 is 0 Å². The van der Waals surface area contributed by atoms with Crippen molar-refractivity contribution in [3.05, 3.63) is 77.6 Å². The Morgan fingerprint density at radius 1 is 1.14 bits per heavy atom. The molecule has 4 rings (SSSR count). The summed E-state index contributed by atoms with van der Waals surface area (Å²) in [5, 5.41) is 7.51. The van der Waals surface area contributed by atoms with Crippen LogP contribution in [0.2, 0.25) is 0 Å². The van der Waals surface area contributed by atoms with Crippen LogP contribution in [0, 0.1) is 13.8 Å². The average Bonchev–Trinajstić information content (AvgIpc) is 3.07. The summed E-state index contributed by atoms with van der Waals surface area (Å²) >= 11 is 0. The minimum atomic E-state index is -0.482. The quantitative estimate of drug-likeness (QED) is 0.726. The van der Waals surface area contributed by atoms with Gasteiger partial charge in [-0.3, -0.25) is 9.69 Å². The van der Waals surface area contributed by atoms with Crippen LogP contribution in [0.25, 0.3) is 5.69 Å². The second kappa shape index (κ2) is 8.59. The van der Waals surface area contributed by atoms with Crippen molar-refractivity contribution in [1.29, 1.82) is 0 Å². The van der Waals surface area contributed by atoms with Crippen molar-refractivity contribution in [2.24, 2.45) is 0 Å². The summed E-state index contributed by atoms with van der Waals surface area (Å²) in [5.41, 5.74) is 4.92. The molecule has 0 aliphatic carbocycles. The van der Waals surface area contributed by atoms with E-state index in [4.69, 9.17) is 4.74 Å². The second-order valence-electron chi connectivity index (χ2n) is 7.46. The summed E-state index contributed by atoms with van der Waals surface area (Å²) in [7, 11) is 0. The van der Waals surface area contributed by atoms with E-state index in [9.17, 15) is 4.79 Å². The Bertz CT molecular complexity index is 984. The molecule has 0 saturated carbocycles. The Labute approximate surface area is 171 Å². The van der Waals surface area contributed by atoms with Gasteiger partial charge < -0.3 is 10.1 Å². The second-order valence-corrected chi connectivity index (χ2v) is 7.46. The first-order chi connectivity index (χ1) is 14.1. The highest BCUT2D eigenvalue weighted by Crippen LogP contribution is 2.18. The van der Waals surface area contributed by atoms with Crippen LogP contribution in [-0.2, 0) is 16.1 Å². The normalized spacial score (nSPS) is 17.2. The number of aryl methyl sites for hydroxylation is 2. The lowest BCUT2D eigenvalue weighted by Crippen LogP contribution is -2.47. The first-order valence-electron chi connectivity index (χ1n) is 9.91. The van der Waals surface area contributed by atoms with E-state index in [1.54, 1.807) is 0 Å². The van der Waals surface area contributed by atoms with Gasteiger partial charge in [-0.2, -0.15) is 5.10 Å². The molecule has 150 valence electrons. The number of nitrogens with one attached hydrogen (secondary N) is 1. The van der Waals surface area contributed by atoms with Crippen LogP contribution >= 0.6 is 0 Å². The molecular weight excluding hydrogens is 364 g/mol. The SMILES string of the molecule is Cc1cc(C)n(-c2cccc(NC(=O)C3CN(Cc4ccccc4)CCO3)c2)n1. The van der Waals surface area contributed by atoms with Crippen molar-refractivity contribution in [1.82, 2.24) is 14.7 Å². The number of rotatable bonds is 5. The minimum Gasteiger partial charge on any atom is -0.366 e. The van der Waals surface area contributed by atoms with Gasteiger partial charge in [0.15, 0.2) is 0 Å². The largest absolute Gasteiger partial charge is 0.366 e. The third-order valence-corrected chi connectivity index (χ3v) is 5.06. The minimum absolute atomic E-state index is 0.117. The molecule has 29 heavy (non-hydrogen) atoms. The molecule has 1 amide bonds. The van der Waals surface area contributed by atoms with Crippen LogP contribution in [0.5, 0.6) is 0 Å². The van der Waals surface area contributed by atoms with Crippen molar-refractivity contribution in [3.8, 4) is 5.69 Å². The zero-order valence-electron chi connectivity index (χ0n) is 16.8. The maximum atomic E-state index is 12.8. The lowest BCUT2D eigenvalue weighted by molar-refractivity contribution is -0.133. The van der Waals surface area contributed by atoms with Gasteiger partial charge in [-0.1, -0.05) is 36.4 Å². The van der Waals surface area contributed by atoms with Gasteiger partial charge in [0.2, 0.25) is 0 Å². The molecule has 1 aliphatic rings. The van der Waals surface area contributed by atoms with E-state index in [1.165, 1.54) is 5.56 Å². The highest BCUT2D eigenvalue weighted by atomic mass is 16.5. The number of carbonyl (C=O) groups is 1. The highest BCUT2D eigenvalue weighted by Gasteiger charge is 2.26. The smallest absolute Gasteiger partial charge is 0.254 e. The molecule has 2 heterocycles. The topological polar surface area (TPSA) is 59.4 Å². The molecule has 0 spiro atoms. The molecule has 1 N–H and O–H groups in total. The zero-order chi connectivity index (χ0) is 20.2. The third kappa shape index (κ3) is 4.72. The standard InChI is InChI=1S/C23H26N4O2/c1-17-13-18(2)27(25-17)21-10-6-9-20(14-21)24-23(28)22-16-26(11-12-29-22)15-19-7-4-3-5-8-19/h3-10,13-14,22H,11-12,15-16H2,1-2H3,(H,24,28). The summed E-state index contributed by atoms with van der Waals surface area (Å²) in [5.74, 6) is -0.117. The van der Waals surface area contributed by atoms with E-state index in [1.807, 2.05) is 67.1 Å². The van der Waals surface area contributed by atoms with Gasteiger partial charge in [0, 0.05) is 31.0 Å².